The summed E-state index contributed by atoms with van der Waals surface area (Å²) in [5.41, 5.74) is 1.47. The number of aromatic amines is 1. The minimum atomic E-state index is -1.33. The van der Waals surface area contributed by atoms with Crippen LogP contribution in [0.25, 0.3) is 11.0 Å². The summed E-state index contributed by atoms with van der Waals surface area (Å²) in [4.78, 5) is 10.3. The van der Waals surface area contributed by atoms with Gasteiger partial charge < -0.3 is 4.98 Å². The highest BCUT2D eigenvalue weighted by molar-refractivity contribution is 7.99. The maximum Gasteiger partial charge on any atom is 0.250 e. The molecule has 3 aromatic rings. The number of halogens is 3. The van der Waals surface area contributed by atoms with Crippen LogP contribution in [0.2, 0.25) is 0 Å². The molecule has 0 saturated heterocycles. The summed E-state index contributed by atoms with van der Waals surface area (Å²) in [6.07, 6.45) is 0. The lowest BCUT2D eigenvalue weighted by atomic mass is 10.3. The van der Waals surface area contributed by atoms with Crippen LogP contribution in [-0.2, 0) is 0 Å². The van der Waals surface area contributed by atoms with Gasteiger partial charge in [-0.1, -0.05) is 12.1 Å². The lowest BCUT2D eigenvalue weighted by Gasteiger charge is -2.00. The Labute approximate surface area is 109 Å². The van der Waals surface area contributed by atoms with Gasteiger partial charge >= 0.3 is 0 Å². The molecule has 96 valence electrons. The molecule has 7 heteroatoms. The van der Waals surface area contributed by atoms with Gasteiger partial charge in [0, 0.05) is 6.07 Å². The lowest BCUT2D eigenvalue weighted by molar-refractivity contribution is 0.448. The third kappa shape index (κ3) is 2.28. The van der Waals surface area contributed by atoms with Gasteiger partial charge in [0.25, 0.3) is 0 Å². The van der Waals surface area contributed by atoms with Gasteiger partial charge in [-0.25, -0.2) is 18.7 Å². The Kier molecular flexibility index (Phi) is 2.90. The van der Waals surface area contributed by atoms with Crippen LogP contribution in [0.1, 0.15) is 0 Å². The number of hydrogen-bond acceptors (Lipinski definition) is 3. The summed E-state index contributed by atoms with van der Waals surface area (Å²) in [5.74, 6) is -3.57. The minimum absolute atomic E-state index is 0.266. The van der Waals surface area contributed by atoms with Crippen molar-refractivity contribution in [2.24, 2.45) is 0 Å². The van der Waals surface area contributed by atoms with Gasteiger partial charge in [-0.15, -0.1) is 0 Å². The molecule has 3 rings (SSSR count). The Bertz CT molecular complexity index is 724. The van der Waals surface area contributed by atoms with Gasteiger partial charge in [-0.2, -0.15) is 4.39 Å². The number of imidazole rings is 1. The number of H-pyrrole nitrogens is 1. The molecule has 0 fully saturated rings. The second kappa shape index (κ2) is 4.58. The van der Waals surface area contributed by atoms with Crippen LogP contribution in [0.4, 0.5) is 13.2 Å². The zero-order valence-electron chi connectivity index (χ0n) is 9.32. The van der Waals surface area contributed by atoms with Crippen molar-refractivity contribution < 1.29 is 13.2 Å². The van der Waals surface area contributed by atoms with Crippen molar-refractivity contribution in [1.82, 2.24) is 15.0 Å². The molecule has 19 heavy (non-hydrogen) atoms. The third-order valence-corrected chi connectivity index (χ3v) is 3.28. The van der Waals surface area contributed by atoms with E-state index >= 15 is 0 Å². The number of nitrogens with zero attached hydrogens (tertiary/aromatic N) is 2. The van der Waals surface area contributed by atoms with Gasteiger partial charge in [0.05, 0.1) is 11.0 Å². The van der Waals surface area contributed by atoms with Crippen molar-refractivity contribution >= 4 is 22.8 Å². The maximum atomic E-state index is 13.4. The topological polar surface area (TPSA) is 41.6 Å². The molecule has 3 nitrogen and oxygen atoms in total. The largest absolute Gasteiger partial charge is 0.333 e. The van der Waals surface area contributed by atoms with Crippen molar-refractivity contribution in [2.45, 2.75) is 10.2 Å². The molecule has 0 aliphatic carbocycles. The summed E-state index contributed by atoms with van der Waals surface area (Å²) >= 11 is 0.803. The van der Waals surface area contributed by atoms with Crippen LogP contribution in [0.3, 0.4) is 0 Å². The van der Waals surface area contributed by atoms with E-state index in [4.69, 9.17) is 0 Å². The van der Waals surface area contributed by atoms with E-state index in [1.807, 2.05) is 12.1 Å². The first-order chi connectivity index (χ1) is 9.13. The Morgan fingerprint density at radius 2 is 1.79 bits per heavy atom. The summed E-state index contributed by atoms with van der Waals surface area (Å²) in [7, 11) is 0. The average molecular weight is 281 g/mol. The summed E-state index contributed by atoms with van der Waals surface area (Å²) < 4.78 is 39.2. The van der Waals surface area contributed by atoms with Gasteiger partial charge in [-0.05, 0) is 23.9 Å². The Hall–Kier alpha value is -2.02. The first kappa shape index (κ1) is 12.0. The molecule has 0 aliphatic heterocycles. The van der Waals surface area contributed by atoms with E-state index < -0.39 is 17.6 Å². The predicted molar refractivity (Wildman–Crippen MR) is 64.3 cm³/mol. The second-order valence-electron chi connectivity index (χ2n) is 3.71. The molecule has 2 aromatic heterocycles. The van der Waals surface area contributed by atoms with Crippen LogP contribution in [0, 0.1) is 17.6 Å². The van der Waals surface area contributed by atoms with E-state index in [1.54, 1.807) is 12.1 Å². The fourth-order valence-electron chi connectivity index (χ4n) is 1.57. The summed E-state index contributed by atoms with van der Waals surface area (Å²) in [6.45, 7) is 0. The number of para-hydroxylation sites is 2. The number of aromatic nitrogens is 3. The highest BCUT2D eigenvalue weighted by Crippen LogP contribution is 2.28. The molecular weight excluding hydrogens is 275 g/mol. The number of nitrogens with one attached hydrogen (secondary N) is 1. The van der Waals surface area contributed by atoms with Crippen LogP contribution in [0.5, 0.6) is 0 Å². The van der Waals surface area contributed by atoms with Crippen LogP contribution < -0.4 is 0 Å². The van der Waals surface area contributed by atoms with Gasteiger partial charge in [0.15, 0.2) is 16.8 Å². The lowest BCUT2D eigenvalue weighted by Crippen LogP contribution is -1.95. The van der Waals surface area contributed by atoms with Crippen molar-refractivity contribution in [3.8, 4) is 0 Å². The first-order valence-corrected chi connectivity index (χ1v) is 6.09. The molecule has 0 atom stereocenters. The molecule has 0 amide bonds. The van der Waals surface area contributed by atoms with Gasteiger partial charge in [-0.3, -0.25) is 0 Å². The molecule has 0 unspecified atom stereocenters. The van der Waals surface area contributed by atoms with E-state index in [1.165, 1.54) is 0 Å². The van der Waals surface area contributed by atoms with E-state index in [-0.39, 0.29) is 5.03 Å². The van der Waals surface area contributed by atoms with Crippen molar-refractivity contribution in [3.63, 3.8) is 0 Å². The van der Waals surface area contributed by atoms with Crippen LogP contribution >= 0.6 is 11.8 Å². The van der Waals surface area contributed by atoms with Crippen molar-refractivity contribution in [2.75, 3.05) is 0 Å². The highest BCUT2D eigenvalue weighted by Gasteiger charge is 2.14. The molecular formula is C12H6F3N3S. The summed E-state index contributed by atoms with van der Waals surface area (Å²) in [5, 5.41) is 0.0940. The van der Waals surface area contributed by atoms with Gasteiger partial charge in [0.2, 0.25) is 5.95 Å². The van der Waals surface area contributed by atoms with Crippen LogP contribution in [0.15, 0.2) is 40.5 Å². The molecule has 0 aliphatic rings. The molecule has 1 N–H and O–H groups in total. The number of rotatable bonds is 2. The Morgan fingerprint density at radius 1 is 1.00 bits per heavy atom. The maximum absolute atomic E-state index is 13.4. The van der Waals surface area contributed by atoms with Crippen molar-refractivity contribution in [3.05, 3.63) is 47.9 Å². The molecule has 0 radical (unpaired) electrons. The van der Waals surface area contributed by atoms with Crippen molar-refractivity contribution in [1.29, 1.82) is 0 Å². The number of fused-ring (bicyclic) bond motifs is 1. The third-order valence-electron chi connectivity index (χ3n) is 2.42. The quantitative estimate of drug-likeness (QED) is 0.731. The van der Waals surface area contributed by atoms with E-state index in [2.05, 4.69) is 15.0 Å². The SMILES string of the molecule is Fc1cc(F)c(Sc2nc3ccccc3[nH]2)nc1F. The predicted octanol–water partition coefficient (Wildman–Crippen LogP) is 3.53. The second-order valence-corrected chi connectivity index (χ2v) is 4.69. The van der Waals surface area contributed by atoms with E-state index in [0.29, 0.717) is 16.7 Å². The van der Waals surface area contributed by atoms with Gasteiger partial charge in [0.1, 0.15) is 5.03 Å². The van der Waals surface area contributed by atoms with E-state index in [0.717, 1.165) is 17.3 Å². The molecule has 1 aromatic carbocycles. The number of hydrogen-bond donors (Lipinski definition) is 1. The Balaban J connectivity index is 1.98. The molecule has 0 bridgehead atoms. The fraction of sp³-hybridized carbons (Fsp3) is 0. The fourth-order valence-corrected chi connectivity index (χ4v) is 2.34. The monoisotopic (exact) mass is 281 g/mol. The zero-order chi connectivity index (χ0) is 13.4. The minimum Gasteiger partial charge on any atom is -0.333 e. The Morgan fingerprint density at radius 3 is 2.58 bits per heavy atom. The molecule has 0 saturated carbocycles. The van der Waals surface area contributed by atoms with Crippen LogP contribution in [-0.4, -0.2) is 15.0 Å². The first-order valence-electron chi connectivity index (χ1n) is 5.27. The highest BCUT2D eigenvalue weighted by atomic mass is 32.2. The molecule has 0 spiro atoms. The normalized spacial score (nSPS) is 11.1. The number of benzene rings is 1. The molecule has 2 heterocycles. The zero-order valence-corrected chi connectivity index (χ0v) is 10.1. The number of pyridine rings is 1. The average Bonchev–Trinajstić information content (AvgIpc) is 2.78. The van der Waals surface area contributed by atoms with E-state index in [9.17, 15) is 13.2 Å². The smallest absolute Gasteiger partial charge is 0.250 e. The standard InChI is InChI=1S/C12H6F3N3S/c13-6-5-7(14)11(18-10(6)15)19-12-16-8-3-1-2-4-9(8)17-12/h1-5H,(H,16,17). The summed E-state index contributed by atoms with van der Waals surface area (Å²) in [6, 6.07) is 7.69.